The highest BCUT2D eigenvalue weighted by Gasteiger charge is 2.17. The average Bonchev–Trinajstić information content (AvgIpc) is 3.22. The second-order valence-corrected chi connectivity index (χ2v) is 7.02. The highest BCUT2D eigenvalue weighted by Crippen LogP contribution is 2.32. The van der Waals surface area contributed by atoms with Gasteiger partial charge in [0, 0.05) is 32.0 Å². The summed E-state index contributed by atoms with van der Waals surface area (Å²) in [7, 11) is 1.93. The predicted octanol–water partition coefficient (Wildman–Crippen LogP) is 3.88. The number of benzene rings is 1. The van der Waals surface area contributed by atoms with Crippen molar-refractivity contribution in [3.8, 4) is 11.4 Å². The first-order chi connectivity index (χ1) is 13.5. The SMILES string of the molecule is CC(C)OCCCNc1ncnc2c1c(-c1nc3ccc(F)cc3[nH]1)cn2C. The minimum atomic E-state index is -0.296. The van der Waals surface area contributed by atoms with Gasteiger partial charge in [-0.3, -0.25) is 0 Å². The fourth-order valence-corrected chi connectivity index (χ4v) is 3.23. The number of nitrogens with zero attached hydrogens (tertiary/aromatic N) is 4. The number of aromatic amines is 1. The molecule has 0 aliphatic heterocycles. The lowest BCUT2D eigenvalue weighted by Crippen LogP contribution is -2.10. The van der Waals surface area contributed by atoms with Gasteiger partial charge in [0.25, 0.3) is 0 Å². The van der Waals surface area contributed by atoms with Crippen LogP contribution < -0.4 is 5.32 Å². The molecule has 146 valence electrons. The smallest absolute Gasteiger partial charge is 0.145 e. The highest BCUT2D eigenvalue weighted by molar-refractivity contribution is 6.01. The monoisotopic (exact) mass is 382 g/mol. The van der Waals surface area contributed by atoms with Gasteiger partial charge in [0.2, 0.25) is 0 Å². The van der Waals surface area contributed by atoms with Gasteiger partial charge < -0.3 is 19.6 Å². The van der Waals surface area contributed by atoms with Crippen LogP contribution in [0.2, 0.25) is 0 Å². The Kier molecular flexibility index (Phi) is 4.95. The molecule has 4 aromatic rings. The standard InChI is InChI=1S/C20H23FN6O/c1-12(2)28-8-4-7-22-19-17-14(10-27(3)20(17)24-11-23-19)18-25-15-6-5-13(21)9-16(15)26-18/h5-6,9-12H,4,7-8H2,1-3H3,(H,25,26)(H,22,23,24). The molecule has 0 radical (unpaired) electrons. The second kappa shape index (κ2) is 7.55. The van der Waals surface area contributed by atoms with Crippen LogP contribution in [0.25, 0.3) is 33.5 Å². The average molecular weight is 382 g/mol. The quantitative estimate of drug-likeness (QED) is 0.474. The minimum Gasteiger partial charge on any atom is -0.379 e. The summed E-state index contributed by atoms with van der Waals surface area (Å²) in [6.45, 7) is 5.47. The molecule has 4 rings (SSSR count). The molecule has 0 amide bonds. The molecule has 0 atom stereocenters. The molecule has 3 aromatic heterocycles. The van der Waals surface area contributed by atoms with Crippen molar-refractivity contribution in [2.45, 2.75) is 26.4 Å². The van der Waals surface area contributed by atoms with Gasteiger partial charge in [0.15, 0.2) is 0 Å². The van der Waals surface area contributed by atoms with Gasteiger partial charge in [0.05, 0.1) is 22.5 Å². The molecular weight excluding hydrogens is 359 g/mol. The van der Waals surface area contributed by atoms with Gasteiger partial charge in [-0.2, -0.15) is 0 Å². The van der Waals surface area contributed by atoms with Gasteiger partial charge >= 0.3 is 0 Å². The zero-order chi connectivity index (χ0) is 19.7. The zero-order valence-corrected chi connectivity index (χ0v) is 16.2. The first kappa shape index (κ1) is 18.4. The van der Waals surface area contributed by atoms with Crippen LogP contribution in [0.3, 0.4) is 0 Å². The molecule has 0 unspecified atom stereocenters. The molecule has 0 aliphatic rings. The molecule has 2 N–H and O–H groups in total. The summed E-state index contributed by atoms with van der Waals surface area (Å²) in [6, 6.07) is 4.52. The lowest BCUT2D eigenvalue weighted by atomic mass is 10.2. The molecular formula is C20H23FN6O. The maximum atomic E-state index is 13.5. The van der Waals surface area contributed by atoms with Crippen molar-refractivity contribution in [1.29, 1.82) is 0 Å². The number of anilines is 1. The van der Waals surface area contributed by atoms with E-state index in [4.69, 9.17) is 4.74 Å². The van der Waals surface area contributed by atoms with Gasteiger partial charge in [0.1, 0.15) is 29.4 Å². The van der Waals surface area contributed by atoms with Crippen molar-refractivity contribution >= 4 is 27.9 Å². The van der Waals surface area contributed by atoms with Crippen LogP contribution in [0.15, 0.2) is 30.7 Å². The molecule has 0 bridgehead atoms. The predicted molar refractivity (Wildman–Crippen MR) is 108 cm³/mol. The molecule has 0 aliphatic carbocycles. The van der Waals surface area contributed by atoms with Crippen molar-refractivity contribution in [2.75, 3.05) is 18.5 Å². The Morgan fingerprint density at radius 2 is 2.14 bits per heavy atom. The van der Waals surface area contributed by atoms with E-state index < -0.39 is 0 Å². The topological polar surface area (TPSA) is 80.7 Å². The van der Waals surface area contributed by atoms with E-state index in [2.05, 4.69) is 25.3 Å². The van der Waals surface area contributed by atoms with E-state index in [1.165, 1.54) is 12.1 Å². The molecule has 1 aromatic carbocycles. The van der Waals surface area contributed by atoms with Crippen LogP contribution in [0.5, 0.6) is 0 Å². The third-order valence-electron chi connectivity index (χ3n) is 4.52. The first-order valence-corrected chi connectivity index (χ1v) is 9.34. The van der Waals surface area contributed by atoms with Crippen LogP contribution in [0.4, 0.5) is 10.2 Å². The number of aryl methyl sites for hydroxylation is 1. The number of hydrogen-bond acceptors (Lipinski definition) is 5. The second-order valence-electron chi connectivity index (χ2n) is 7.02. The summed E-state index contributed by atoms with van der Waals surface area (Å²) in [5, 5.41) is 4.27. The molecule has 0 fully saturated rings. The lowest BCUT2D eigenvalue weighted by molar-refractivity contribution is 0.0787. The zero-order valence-electron chi connectivity index (χ0n) is 16.2. The molecule has 0 saturated carbocycles. The van der Waals surface area contributed by atoms with Crippen LogP contribution >= 0.6 is 0 Å². The number of halogens is 1. The van der Waals surface area contributed by atoms with Crippen LogP contribution in [-0.2, 0) is 11.8 Å². The number of ether oxygens (including phenoxy) is 1. The summed E-state index contributed by atoms with van der Waals surface area (Å²) in [6.07, 6.45) is 4.60. The van der Waals surface area contributed by atoms with Crippen LogP contribution in [0.1, 0.15) is 20.3 Å². The fourth-order valence-electron chi connectivity index (χ4n) is 3.23. The Labute approximate surface area is 162 Å². The third-order valence-corrected chi connectivity index (χ3v) is 4.52. The summed E-state index contributed by atoms with van der Waals surface area (Å²) >= 11 is 0. The van der Waals surface area contributed by atoms with Crippen molar-refractivity contribution < 1.29 is 9.13 Å². The van der Waals surface area contributed by atoms with Crippen LogP contribution in [-0.4, -0.2) is 43.8 Å². The Balaban J connectivity index is 1.68. The number of H-pyrrole nitrogens is 1. The van der Waals surface area contributed by atoms with E-state index in [1.807, 2.05) is 31.7 Å². The Hall–Kier alpha value is -3.00. The number of fused-ring (bicyclic) bond motifs is 2. The molecule has 3 heterocycles. The van der Waals surface area contributed by atoms with E-state index in [1.54, 1.807) is 12.4 Å². The van der Waals surface area contributed by atoms with E-state index in [0.29, 0.717) is 23.5 Å². The van der Waals surface area contributed by atoms with Crippen LogP contribution in [0, 0.1) is 5.82 Å². The number of aromatic nitrogens is 5. The molecule has 0 spiro atoms. The van der Waals surface area contributed by atoms with Crippen molar-refractivity contribution in [2.24, 2.45) is 7.05 Å². The van der Waals surface area contributed by atoms with E-state index >= 15 is 0 Å². The molecule has 28 heavy (non-hydrogen) atoms. The van der Waals surface area contributed by atoms with E-state index in [-0.39, 0.29) is 11.9 Å². The summed E-state index contributed by atoms with van der Waals surface area (Å²) in [5.41, 5.74) is 3.04. The van der Waals surface area contributed by atoms with Crippen molar-refractivity contribution in [3.05, 3.63) is 36.5 Å². The van der Waals surface area contributed by atoms with Gasteiger partial charge in [-0.05, 0) is 38.5 Å². The van der Waals surface area contributed by atoms with Gasteiger partial charge in [-0.1, -0.05) is 0 Å². The highest BCUT2D eigenvalue weighted by atomic mass is 19.1. The van der Waals surface area contributed by atoms with E-state index in [9.17, 15) is 4.39 Å². The third kappa shape index (κ3) is 3.55. The van der Waals surface area contributed by atoms with Crippen molar-refractivity contribution in [3.63, 3.8) is 0 Å². The van der Waals surface area contributed by atoms with Gasteiger partial charge in [-0.15, -0.1) is 0 Å². The van der Waals surface area contributed by atoms with E-state index in [0.717, 1.165) is 35.4 Å². The molecule has 0 saturated heterocycles. The summed E-state index contributed by atoms with van der Waals surface area (Å²) < 4.78 is 21.1. The summed E-state index contributed by atoms with van der Waals surface area (Å²) in [4.78, 5) is 16.7. The Morgan fingerprint density at radius 1 is 1.29 bits per heavy atom. The Morgan fingerprint density at radius 3 is 2.96 bits per heavy atom. The number of imidazole rings is 1. The molecule has 7 nitrogen and oxygen atoms in total. The maximum Gasteiger partial charge on any atom is 0.145 e. The maximum absolute atomic E-state index is 13.5. The largest absolute Gasteiger partial charge is 0.379 e. The summed E-state index contributed by atoms with van der Waals surface area (Å²) in [5.74, 6) is 1.11. The Bertz CT molecular complexity index is 1120. The first-order valence-electron chi connectivity index (χ1n) is 9.34. The fraction of sp³-hybridized carbons (Fsp3) is 0.350. The lowest BCUT2D eigenvalue weighted by Gasteiger charge is -2.09. The minimum absolute atomic E-state index is 0.226. The van der Waals surface area contributed by atoms with Crippen molar-refractivity contribution in [1.82, 2.24) is 24.5 Å². The van der Waals surface area contributed by atoms with Gasteiger partial charge in [-0.25, -0.2) is 19.3 Å². The molecule has 8 heteroatoms. The number of nitrogens with one attached hydrogen (secondary N) is 2. The number of rotatable bonds is 7. The normalized spacial score (nSPS) is 11.8. The number of hydrogen-bond donors (Lipinski definition) is 2.